The van der Waals surface area contributed by atoms with Crippen LogP contribution < -0.4 is 0 Å². The molecule has 0 saturated carbocycles. The SMILES string of the molecule is O=C(/C=C/c1ccc(F)cc1)N1CCN([S+]([O-])c2cccc(Cl)c2)CC1. The number of carbonyl (C=O) groups excluding carboxylic acids is 1. The van der Waals surface area contributed by atoms with Crippen molar-refractivity contribution in [2.75, 3.05) is 26.2 Å². The Morgan fingerprint density at radius 1 is 1.12 bits per heavy atom. The second-order valence-corrected chi connectivity index (χ2v) is 7.77. The van der Waals surface area contributed by atoms with Gasteiger partial charge in [0, 0.05) is 30.3 Å². The van der Waals surface area contributed by atoms with E-state index in [0.717, 1.165) is 5.56 Å². The minimum absolute atomic E-state index is 0.109. The molecule has 26 heavy (non-hydrogen) atoms. The lowest BCUT2D eigenvalue weighted by molar-refractivity contribution is -0.127. The first-order valence-electron chi connectivity index (χ1n) is 8.18. The molecule has 1 saturated heterocycles. The van der Waals surface area contributed by atoms with Gasteiger partial charge in [0.05, 0.1) is 24.5 Å². The van der Waals surface area contributed by atoms with E-state index in [0.29, 0.717) is 36.1 Å². The highest BCUT2D eigenvalue weighted by atomic mass is 35.5. The van der Waals surface area contributed by atoms with E-state index in [4.69, 9.17) is 11.6 Å². The molecule has 2 aromatic carbocycles. The molecule has 0 aromatic heterocycles. The van der Waals surface area contributed by atoms with Crippen molar-refractivity contribution in [1.82, 2.24) is 9.21 Å². The van der Waals surface area contributed by atoms with E-state index in [1.54, 1.807) is 47.4 Å². The Labute approximate surface area is 160 Å². The van der Waals surface area contributed by atoms with Crippen molar-refractivity contribution < 1.29 is 13.7 Å². The van der Waals surface area contributed by atoms with Crippen LogP contribution in [0.15, 0.2) is 59.5 Å². The van der Waals surface area contributed by atoms with Gasteiger partial charge in [0.1, 0.15) is 5.82 Å². The van der Waals surface area contributed by atoms with E-state index in [2.05, 4.69) is 0 Å². The van der Waals surface area contributed by atoms with Gasteiger partial charge in [0.2, 0.25) is 5.91 Å². The second-order valence-electron chi connectivity index (χ2n) is 5.85. The Morgan fingerprint density at radius 2 is 1.81 bits per heavy atom. The van der Waals surface area contributed by atoms with E-state index in [1.165, 1.54) is 18.2 Å². The molecule has 0 aliphatic carbocycles. The molecule has 0 bridgehead atoms. The van der Waals surface area contributed by atoms with Crippen molar-refractivity contribution in [3.8, 4) is 0 Å². The summed E-state index contributed by atoms with van der Waals surface area (Å²) in [5.74, 6) is -0.417. The number of hydrogen-bond acceptors (Lipinski definition) is 3. The lowest BCUT2D eigenvalue weighted by Crippen LogP contribution is -2.50. The number of amides is 1. The molecule has 1 atom stereocenters. The average Bonchev–Trinajstić information content (AvgIpc) is 2.67. The molecule has 0 spiro atoms. The first-order valence-corrected chi connectivity index (χ1v) is 9.66. The topological polar surface area (TPSA) is 46.6 Å². The van der Waals surface area contributed by atoms with Gasteiger partial charge in [0.25, 0.3) is 0 Å². The third-order valence-electron chi connectivity index (χ3n) is 4.07. The van der Waals surface area contributed by atoms with Gasteiger partial charge in [-0.3, -0.25) is 4.79 Å². The van der Waals surface area contributed by atoms with Crippen molar-refractivity contribution in [3.05, 3.63) is 71.0 Å². The van der Waals surface area contributed by atoms with Crippen LogP contribution in [0.5, 0.6) is 0 Å². The van der Waals surface area contributed by atoms with Gasteiger partial charge in [-0.2, -0.15) is 0 Å². The molecular weight excluding hydrogens is 375 g/mol. The molecule has 0 N–H and O–H groups in total. The highest BCUT2D eigenvalue weighted by molar-refractivity contribution is 7.89. The Kier molecular flexibility index (Phi) is 6.32. The van der Waals surface area contributed by atoms with Crippen molar-refractivity contribution in [2.24, 2.45) is 0 Å². The molecule has 4 nitrogen and oxygen atoms in total. The number of rotatable bonds is 4. The summed E-state index contributed by atoms with van der Waals surface area (Å²) >= 11 is 4.67. The van der Waals surface area contributed by atoms with Crippen LogP contribution in [-0.4, -0.2) is 45.8 Å². The molecule has 3 rings (SSSR count). The van der Waals surface area contributed by atoms with Gasteiger partial charge < -0.3 is 9.45 Å². The highest BCUT2D eigenvalue weighted by Crippen LogP contribution is 2.21. The zero-order valence-electron chi connectivity index (χ0n) is 14.0. The lowest BCUT2D eigenvalue weighted by atomic mass is 10.2. The van der Waals surface area contributed by atoms with Gasteiger partial charge in [-0.25, -0.2) is 4.39 Å². The lowest BCUT2D eigenvalue weighted by Gasteiger charge is -2.33. The summed E-state index contributed by atoms with van der Waals surface area (Å²) in [7, 11) is 0. The maximum atomic E-state index is 12.9. The number of benzene rings is 2. The first-order chi connectivity index (χ1) is 12.5. The molecule has 1 aliphatic rings. The summed E-state index contributed by atoms with van der Waals surface area (Å²) in [6.07, 6.45) is 3.15. The largest absolute Gasteiger partial charge is 0.593 e. The number of halogens is 2. The second kappa shape index (κ2) is 8.68. The van der Waals surface area contributed by atoms with E-state index in [-0.39, 0.29) is 11.7 Å². The van der Waals surface area contributed by atoms with Crippen LogP contribution in [0.4, 0.5) is 4.39 Å². The summed E-state index contributed by atoms with van der Waals surface area (Å²) in [5.41, 5.74) is 0.764. The molecule has 1 unspecified atom stereocenters. The maximum absolute atomic E-state index is 12.9. The molecule has 1 amide bonds. The van der Waals surface area contributed by atoms with Crippen molar-refractivity contribution in [1.29, 1.82) is 0 Å². The standard InChI is InChI=1S/C19H18ClFN2O2S/c20-16-2-1-3-18(14-16)26(25)23-12-10-22(11-13-23)19(24)9-6-15-4-7-17(21)8-5-15/h1-9,14H,10-13H2/b9-6+. The Morgan fingerprint density at radius 3 is 2.46 bits per heavy atom. The van der Waals surface area contributed by atoms with Crippen LogP contribution in [0, 0.1) is 5.82 Å². The third-order valence-corrected chi connectivity index (χ3v) is 5.80. The van der Waals surface area contributed by atoms with Gasteiger partial charge in [-0.05, 0) is 35.9 Å². The highest BCUT2D eigenvalue weighted by Gasteiger charge is 2.28. The van der Waals surface area contributed by atoms with Crippen LogP contribution in [-0.2, 0) is 16.2 Å². The Balaban J connectivity index is 1.54. The number of piperazine rings is 1. The van der Waals surface area contributed by atoms with Crippen LogP contribution in [0.3, 0.4) is 0 Å². The summed E-state index contributed by atoms with van der Waals surface area (Å²) in [6, 6.07) is 12.9. The van der Waals surface area contributed by atoms with Crippen LogP contribution in [0.2, 0.25) is 5.02 Å². The average molecular weight is 393 g/mol. The van der Waals surface area contributed by atoms with Crippen LogP contribution in [0.1, 0.15) is 5.56 Å². The van der Waals surface area contributed by atoms with Gasteiger partial charge in [-0.1, -0.05) is 29.8 Å². The smallest absolute Gasteiger partial charge is 0.246 e. The minimum atomic E-state index is -1.29. The van der Waals surface area contributed by atoms with Crippen LogP contribution >= 0.6 is 11.6 Å². The fourth-order valence-corrected chi connectivity index (χ4v) is 4.12. The summed E-state index contributed by atoms with van der Waals surface area (Å²) in [6.45, 7) is 2.04. The quantitative estimate of drug-likeness (QED) is 0.592. The number of hydrogen-bond donors (Lipinski definition) is 0. The fourth-order valence-electron chi connectivity index (χ4n) is 2.65. The van der Waals surface area contributed by atoms with Crippen molar-refractivity contribution >= 4 is 34.9 Å². The summed E-state index contributed by atoms with van der Waals surface area (Å²) < 4.78 is 27.3. The van der Waals surface area contributed by atoms with Gasteiger partial charge in [0.15, 0.2) is 4.90 Å². The molecule has 0 radical (unpaired) electrons. The van der Waals surface area contributed by atoms with Gasteiger partial charge in [-0.15, -0.1) is 4.31 Å². The third kappa shape index (κ3) is 4.86. The minimum Gasteiger partial charge on any atom is -0.593 e. The molecule has 2 aromatic rings. The maximum Gasteiger partial charge on any atom is 0.246 e. The predicted molar refractivity (Wildman–Crippen MR) is 101 cm³/mol. The summed E-state index contributed by atoms with van der Waals surface area (Å²) in [5, 5.41) is 0.551. The Bertz CT molecular complexity index is 792. The van der Waals surface area contributed by atoms with E-state index in [9.17, 15) is 13.7 Å². The fraction of sp³-hybridized carbons (Fsp3) is 0.211. The van der Waals surface area contributed by atoms with Crippen molar-refractivity contribution in [3.63, 3.8) is 0 Å². The predicted octanol–water partition coefficient (Wildman–Crippen LogP) is 3.36. The molecule has 1 fully saturated rings. The molecule has 7 heteroatoms. The molecular formula is C19H18ClFN2O2S. The first kappa shape index (κ1) is 18.9. The molecule has 1 aliphatic heterocycles. The molecule has 1 heterocycles. The zero-order chi connectivity index (χ0) is 18.5. The van der Waals surface area contributed by atoms with E-state index >= 15 is 0 Å². The van der Waals surface area contributed by atoms with Gasteiger partial charge >= 0.3 is 0 Å². The monoisotopic (exact) mass is 392 g/mol. The summed E-state index contributed by atoms with van der Waals surface area (Å²) in [4.78, 5) is 14.7. The zero-order valence-corrected chi connectivity index (χ0v) is 15.5. The normalized spacial score (nSPS) is 16.8. The van der Waals surface area contributed by atoms with E-state index < -0.39 is 11.4 Å². The number of carbonyl (C=O) groups is 1. The molecule has 136 valence electrons. The van der Waals surface area contributed by atoms with E-state index in [1.807, 2.05) is 4.31 Å². The van der Waals surface area contributed by atoms with Crippen molar-refractivity contribution in [2.45, 2.75) is 4.90 Å². The Hall–Kier alpha value is -1.86. The van der Waals surface area contributed by atoms with Crippen LogP contribution in [0.25, 0.3) is 6.08 Å². The number of nitrogens with zero attached hydrogens (tertiary/aromatic N) is 2.